The number of halogens is 1. The second-order valence-corrected chi connectivity index (χ2v) is 7.78. The number of ether oxygens (including phenoxy) is 1. The first-order valence-electron chi connectivity index (χ1n) is 9.65. The van der Waals surface area contributed by atoms with Crippen LogP contribution in [0.25, 0.3) is 22.4 Å². The standard InChI is InChI=1S/C22H23FN4O2S/c1-13-17(8-9-18-21(13)25-19(28)12-29-18)20-14(2)26-27(11-10-24-30-3)22(20)15-4-6-16(23)7-5-15/h4-9,24H,10-12H2,1-3H3,(H,25,28). The highest BCUT2D eigenvalue weighted by atomic mass is 32.2. The quantitative estimate of drug-likeness (QED) is 0.457. The molecule has 6 nitrogen and oxygen atoms in total. The maximum absolute atomic E-state index is 13.6. The Bertz CT molecular complexity index is 1100. The fraction of sp³-hybridized carbons (Fsp3) is 0.273. The number of fused-ring (bicyclic) bond motifs is 1. The third-order valence-electron chi connectivity index (χ3n) is 5.13. The van der Waals surface area contributed by atoms with Gasteiger partial charge in [0.05, 0.1) is 23.6 Å². The molecule has 1 aliphatic heterocycles. The van der Waals surface area contributed by atoms with Crippen LogP contribution in [-0.4, -0.2) is 35.1 Å². The molecule has 0 aliphatic carbocycles. The Labute approximate surface area is 179 Å². The van der Waals surface area contributed by atoms with E-state index in [1.54, 1.807) is 24.1 Å². The molecule has 2 heterocycles. The summed E-state index contributed by atoms with van der Waals surface area (Å²) in [6.07, 6.45) is 1.98. The molecule has 0 bridgehead atoms. The second kappa shape index (κ2) is 8.49. The van der Waals surface area contributed by atoms with E-state index in [1.165, 1.54) is 12.1 Å². The van der Waals surface area contributed by atoms with Crippen LogP contribution >= 0.6 is 11.9 Å². The Morgan fingerprint density at radius 3 is 2.73 bits per heavy atom. The molecule has 0 unspecified atom stereocenters. The molecule has 1 amide bonds. The van der Waals surface area contributed by atoms with E-state index in [1.807, 2.05) is 36.9 Å². The Morgan fingerprint density at radius 2 is 2.00 bits per heavy atom. The van der Waals surface area contributed by atoms with Gasteiger partial charge in [-0.25, -0.2) is 4.39 Å². The minimum atomic E-state index is -0.281. The van der Waals surface area contributed by atoms with Crippen molar-refractivity contribution in [1.29, 1.82) is 0 Å². The van der Waals surface area contributed by atoms with Crippen LogP contribution in [0, 0.1) is 19.7 Å². The van der Waals surface area contributed by atoms with Crippen molar-refractivity contribution in [2.45, 2.75) is 20.4 Å². The van der Waals surface area contributed by atoms with Crippen molar-refractivity contribution in [3.63, 3.8) is 0 Å². The van der Waals surface area contributed by atoms with Crippen molar-refractivity contribution < 1.29 is 13.9 Å². The molecule has 8 heteroatoms. The van der Waals surface area contributed by atoms with Crippen LogP contribution in [0.1, 0.15) is 11.3 Å². The predicted molar refractivity (Wildman–Crippen MR) is 118 cm³/mol. The molecule has 156 valence electrons. The number of hydrogen-bond donors (Lipinski definition) is 2. The van der Waals surface area contributed by atoms with Crippen LogP contribution in [0.4, 0.5) is 10.1 Å². The van der Waals surface area contributed by atoms with E-state index in [4.69, 9.17) is 9.84 Å². The van der Waals surface area contributed by atoms with Crippen molar-refractivity contribution in [2.75, 3.05) is 24.7 Å². The van der Waals surface area contributed by atoms with E-state index < -0.39 is 0 Å². The van der Waals surface area contributed by atoms with Gasteiger partial charge in [-0.05, 0) is 61.6 Å². The van der Waals surface area contributed by atoms with E-state index in [2.05, 4.69) is 10.0 Å². The first-order valence-corrected chi connectivity index (χ1v) is 10.9. The Balaban J connectivity index is 1.88. The Morgan fingerprint density at radius 1 is 1.23 bits per heavy atom. The van der Waals surface area contributed by atoms with E-state index in [-0.39, 0.29) is 18.3 Å². The fourth-order valence-electron chi connectivity index (χ4n) is 3.77. The highest BCUT2D eigenvalue weighted by Gasteiger charge is 2.24. The van der Waals surface area contributed by atoms with Crippen LogP contribution in [0.3, 0.4) is 0 Å². The molecule has 1 aromatic heterocycles. The van der Waals surface area contributed by atoms with E-state index in [0.29, 0.717) is 18.0 Å². The van der Waals surface area contributed by atoms with Crippen LogP contribution in [-0.2, 0) is 11.3 Å². The molecule has 30 heavy (non-hydrogen) atoms. The summed E-state index contributed by atoms with van der Waals surface area (Å²) in [7, 11) is 0. The molecular formula is C22H23FN4O2S. The van der Waals surface area contributed by atoms with Gasteiger partial charge in [0.2, 0.25) is 0 Å². The van der Waals surface area contributed by atoms with Gasteiger partial charge in [0, 0.05) is 17.7 Å². The minimum Gasteiger partial charge on any atom is -0.482 e. The molecular weight excluding hydrogens is 403 g/mol. The second-order valence-electron chi connectivity index (χ2n) is 7.09. The van der Waals surface area contributed by atoms with Crippen molar-refractivity contribution in [3.05, 3.63) is 53.5 Å². The molecule has 0 saturated carbocycles. The molecule has 1 aliphatic rings. The van der Waals surface area contributed by atoms with Gasteiger partial charge >= 0.3 is 0 Å². The SMILES string of the molecule is CSNCCn1nc(C)c(-c2ccc3c(c2C)NC(=O)CO3)c1-c1ccc(F)cc1. The van der Waals surface area contributed by atoms with Crippen molar-refractivity contribution in [3.8, 4) is 28.1 Å². The maximum atomic E-state index is 13.6. The number of carbonyl (C=O) groups is 1. The Hall–Kier alpha value is -2.84. The van der Waals surface area contributed by atoms with Crippen LogP contribution < -0.4 is 14.8 Å². The molecule has 2 N–H and O–H groups in total. The molecule has 3 aromatic rings. The zero-order valence-corrected chi connectivity index (χ0v) is 17.9. The third kappa shape index (κ3) is 3.80. The number of hydrogen-bond acceptors (Lipinski definition) is 5. The summed E-state index contributed by atoms with van der Waals surface area (Å²) in [5.74, 6) is 0.211. The number of nitrogens with zero attached hydrogens (tertiary/aromatic N) is 2. The summed E-state index contributed by atoms with van der Waals surface area (Å²) in [4.78, 5) is 11.9. The first kappa shape index (κ1) is 20.4. The normalized spacial score (nSPS) is 13.0. The van der Waals surface area contributed by atoms with Gasteiger partial charge in [-0.2, -0.15) is 5.10 Å². The van der Waals surface area contributed by atoms with Gasteiger partial charge in [-0.15, -0.1) is 0 Å². The topological polar surface area (TPSA) is 68.2 Å². The molecule has 4 rings (SSSR count). The van der Waals surface area contributed by atoms with Crippen molar-refractivity contribution in [1.82, 2.24) is 14.5 Å². The predicted octanol–water partition coefficient (Wildman–Crippen LogP) is 4.17. The number of nitrogens with one attached hydrogen (secondary N) is 2. The van der Waals surface area contributed by atoms with Gasteiger partial charge in [-0.3, -0.25) is 14.2 Å². The monoisotopic (exact) mass is 426 g/mol. The summed E-state index contributed by atoms with van der Waals surface area (Å²) >= 11 is 1.56. The van der Waals surface area contributed by atoms with Crippen LogP contribution in [0.5, 0.6) is 5.75 Å². The summed E-state index contributed by atoms with van der Waals surface area (Å²) < 4.78 is 24.3. The van der Waals surface area contributed by atoms with E-state index >= 15 is 0 Å². The maximum Gasteiger partial charge on any atom is 0.262 e. The number of carbonyl (C=O) groups excluding carboxylic acids is 1. The molecule has 2 aromatic carbocycles. The number of anilines is 1. The van der Waals surface area contributed by atoms with Crippen LogP contribution in [0.15, 0.2) is 36.4 Å². The van der Waals surface area contributed by atoms with Gasteiger partial charge in [0.25, 0.3) is 5.91 Å². The average molecular weight is 427 g/mol. The fourth-order valence-corrected chi connectivity index (χ4v) is 4.07. The molecule has 0 saturated heterocycles. The molecule has 0 spiro atoms. The number of amides is 1. The molecule has 0 fully saturated rings. The lowest BCUT2D eigenvalue weighted by Crippen LogP contribution is -2.26. The highest BCUT2D eigenvalue weighted by Crippen LogP contribution is 2.42. The molecule has 0 radical (unpaired) electrons. The Kier molecular flexibility index (Phi) is 5.78. The summed E-state index contributed by atoms with van der Waals surface area (Å²) in [5.41, 5.74) is 6.18. The minimum absolute atomic E-state index is 0.0199. The summed E-state index contributed by atoms with van der Waals surface area (Å²) in [5, 5.41) is 7.70. The number of aromatic nitrogens is 2. The number of benzene rings is 2. The largest absolute Gasteiger partial charge is 0.482 e. The number of aryl methyl sites for hydroxylation is 1. The number of rotatable bonds is 6. The van der Waals surface area contributed by atoms with Crippen molar-refractivity contribution >= 4 is 23.5 Å². The van der Waals surface area contributed by atoms with Gasteiger partial charge in [-0.1, -0.05) is 18.0 Å². The lowest BCUT2D eigenvalue weighted by atomic mass is 9.94. The zero-order chi connectivity index (χ0) is 21.3. The average Bonchev–Trinajstić information content (AvgIpc) is 3.05. The highest BCUT2D eigenvalue weighted by molar-refractivity contribution is 7.96. The first-order chi connectivity index (χ1) is 14.5. The lowest BCUT2D eigenvalue weighted by molar-refractivity contribution is -0.118. The van der Waals surface area contributed by atoms with E-state index in [0.717, 1.165) is 40.2 Å². The van der Waals surface area contributed by atoms with Crippen molar-refractivity contribution in [2.24, 2.45) is 0 Å². The summed E-state index contributed by atoms with van der Waals surface area (Å²) in [6, 6.07) is 10.3. The van der Waals surface area contributed by atoms with Gasteiger partial charge in [0.15, 0.2) is 6.61 Å². The lowest BCUT2D eigenvalue weighted by Gasteiger charge is -2.22. The summed E-state index contributed by atoms with van der Waals surface area (Å²) in [6.45, 7) is 5.35. The van der Waals surface area contributed by atoms with E-state index in [9.17, 15) is 9.18 Å². The third-order valence-corrected chi connectivity index (χ3v) is 5.63. The zero-order valence-electron chi connectivity index (χ0n) is 17.1. The smallest absolute Gasteiger partial charge is 0.262 e. The van der Waals surface area contributed by atoms with Crippen LogP contribution in [0.2, 0.25) is 0 Å². The molecule has 0 atom stereocenters. The van der Waals surface area contributed by atoms with Gasteiger partial charge < -0.3 is 10.1 Å². The van der Waals surface area contributed by atoms with Gasteiger partial charge in [0.1, 0.15) is 11.6 Å².